The molecule has 1 aromatic carbocycles. The maximum absolute atomic E-state index is 12.8. The van der Waals surface area contributed by atoms with Gasteiger partial charge in [-0.1, -0.05) is 35.0 Å². The van der Waals surface area contributed by atoms with E-state index in [0.717, 1.165) is 24.1 Å². The summed E-state index contributed by atoms with van der Waals surface area (Å²) in [6, 6.07) is 13.2. The van der Waals surface area contributed by atoms with E-state index < -0.39 is 12.2 Å². The zero-order valence-electron chi connectivity index (χ0n) is 16.1. The molecule has 1 fully saturated rings. The molecule has 0 radical (unpaired) electrons. The highest BCUT2D eigenvalue weighted by molar-refractivity contribution is 6.30. The molecule has 3 heterocycles. The molecule has 1 amide bonds. The summed E-state index contributed by atoms with van der Waals surface area (Å²) in [5, 5.41) is 15.4. The quantitative estimate of drug-likeness (QED) is 0.815. The molecule has 1 aromatic heterocycles. The van der Waals surface area contributed by atoms with Crippen LogP contribution in [0.3, 0.4) is 0 Å². The van der Waals surface area contributed by atoms with Gasteiger partial charge in [-0.05, 0) is 48.6 Å². The number of nitrogens with zero attached hydrogens (tertiary/aromatic N) is 3. The number of aliphatic hydroxyl groups is 1. The van der Waals surface area contributed by atoms with Crippen molar-refractivity contribution in [1.82, 2.24) is 9.88 Å². The fourth-order valence-electron chi connectivity index (χ4n) is 3.98. The molecule has 7 heteroatoms. The van der Waals surface area contributed by atoms with Crippen molar-refractivity contribution < 1.29 is 14.7 Å². The van der Waals surface area contributed by atoms with E-state index in [0.29, 0.717) is 36.6 Å². The number of amides is 1. The molecule has 29 heavy (non-hydrogen) atoms. The van der Waals surface area contributed by atoms with Crippen molar-refractivity contribution in [2.24, 2.45) is 11.1 Å². The number of carbonyl (C=O) groups is 1. The number of oxime groups is 1. The molecule has 2 atom stereocenters. The topological polar surface area (TPSA) is 75.0 Å². The van der Waals surface area contributed by atoms with Gasteiger partial charge in [-0.3, -0.25) is 9.78 Å². The van der Waals surface area contributed by atoms with Gasteiger partial charge in [0.15, 0.2) is 0 Å². The maximum Gasteiger partial charge on any atom is 0.266 e. The van der Waals surface area contributed by atoms with Gasteiger partial charge in [-0.2, -0.15) is 0 Å². The van der Waals surface area contributed by atoms with Crippen LogP contribution in [0.4, 0.5) is 0 Å². The molecule has 0 aliphatic carbocycles. The number of carbonyl (C=O) groups excluding carboxylic acids is 1. The van der Waals surface area contributed by atoms with Gasteiger partial charge < -0.3 is 14.8 Å². The van der Waals surface area contributed by atoms with Crippen LogP contribution in [0.2, 0.25) is 5.02 Å². The molecule has 0 bridgehead atoms. The zero-order valence-corrected chi connectivity index (χ0v) is 16.8. The first-order valence-corrected chi connectivity index (χ1v) is 10.3. The van der Waals surface area contributed by atoms with E-state index in [-0.39, 0.29) is 11.8 Å². The third kappa shape index (κ3) is 4.77. The first-order chi connectivity index (χ1) is 14.1. The Morgan fingerprint density at radius 2 is 2.07 bits per heavy atom. The van der Waals surface area contributed by atoms with E-state index >= 15 is 0 Å². The predicted octanol–water partition coefficient (Wildman–Crippen LogP) is 3.39. The van der Waals surface area contributed by atoms with Gasteiger partial charge in [0.2, 0.25) is 6.10 Å². The van der Waals surface area contributed by atoms with Crippen molar-refractivity contribution in [2.45, 2.75) is 37.9 Å². The van der Waals surface area contributed by atoms with E-state index in [1.807, 2.05) is 47.4 Å². The van der Waals surface area contributed by atoms with E-state index in [1.165, 1.54) is 0 Å². The normalized spacial score (nSPS) is 20.8. The second-order valence-corrected chi connectivity index (χ2v) is 8.06. The third-order valence-corrected chi connectivity index (χ3v) is 5.83. The Kier molecular flexibility index (Phi) is 6.11. The van der Waals surface area contributed by atoms with Crippen molar-refractivity contribution in [3.8, 4) is 0 Å². The number of benzene rings is 1. The lowest BCUT2D eigenvalue weighted by atomic mass is 9.89. The summed E-state index contributed by atoms with van der Waals surface area (Å²) >= 11 is 6.03. The largest absolute Gasteiger partial charge is 0.387 e. The molecule has 2 unspecified atom stereocenters. The SMILES string of the molecule is O=C(C1CC(Cc2cccc(Cl)c2)=NO1)N1CCC(C(O)c2ccccn2)CC1. The van der Waals surface area contributed by atoms with Crippen LogP contribution in [0, 0.1) is 5.92 Å². The second kappa shape index (κ2) is 8.93. The number of rotatable bonds is 5. The van der Waals surface area contributed by atoms with Crippen LogP contribution in [-0.4, -0.2) is 45.8 Å². The van der Waals surface area contributed by atoms with Gasteiger partial charge in [-0.15, -0.1) is 0 Å². The summed E-state index contributed by atoms with van der Waals surface area (Å²) in [7, 11) is 0. The average Bonchev–Trinajstić information content (AvgIpc) is 3.22. The summed E-state index contributed by atoms with van der Waals surface area (Å²) < 4.78 is 0. The molecular formula is C22H24ClN3O3. The van der Waals surface area contributed by atoms with Crippen LogP contribution in [-0.2, 0) is 16.1 Å². The third-order valence-electron chi connectivity index (χ3n) is 5.59. The fourth-order valence-corrected chi connectivity index (χ4v) is 4.19. The highest BCUT2D eigenvalue weighted by Gasteiger charge is 2.35. The molecule has 6 nitrogen and oxygen atoms in total. The number of piperidine rings is 1. The molecule has 1 saturated heterocycles. The van der Waals surface area contributed by atoms with Gasteiger partial charge in [0.05, 0.1) is 17.5 Å². The van der Waals surface area contributed by atoms with E-state index in [1.54, 1.807) is 6.20 Å². The molecule has 2 aliphatic heterocycles. The molecule has 0 spiro atoms. The van der Waals surface area contributed by atoms with Crippen molar-refractivity contribution in [3.63, 3.8) is 0 Å². The number of hydrogen-bond donors (Lipinski definition) is 1. The molecule has 0 saturated carbocycles. The van der Waals surface area contributed by atoms with E-state index in [4.69, 9.17) is 16.4 Å². The van der Waals surface area contributed by atoms with Gasteiger partial charge in [0.1, 0.15) is 0 Å². The lowest BCUT2D eigenvalue weighted by molar-refractivity contribution is -0.144. The Morgan fingerprint density at radius 3 is 2.79 bits per heavy atom. The number of aliphatic hydroxyl groups excluding tert-OH is 1. The lowest BCUT2D eigenvalue weighted by Crippen LogP contribution is -2.44. The number of pyridine rings is 1. The molecule has 152 valence electrons. The highest BCUT2D eigenvalue weighted by atomic mass is 35.5. The minimum absolute atomic E-state index is 0.0272. The molecule has 4 rings (SSSR count). The Morgan fingerprint density at radius 1 is 1.24 bits per heavy atom. The average molecular weight is 414 g/mol. The van der Waals surface area contributed by atoms with Crippen LogP contribution < -0.4 is 0 Å². The molecule has 2 aromatic rings. The lowest BCUT2D eigenvalue weighted by Gasteiger charge is -2.34. The van der Waals surface area contributed by atoms with E-state index in [9.17, 15) is 9.90 Å². The first-order valence-electron chi connectivity index (χ1n) is 9.94. The Hall–Kier alpha value is -2.44. The van der Waals surface area contributed by atoms with Crippen molar-refractivity contribution in [1.29, 1.82) is 0 Å². The summed E-state index contributed by atoms with van der Waals surface area (Å²) in [4.78, 5) is 24.3. The zero-order chi connectivity index (χ0) is 20.2. The first kappa shape index (κ1) is 19.9. The fraction of sp³-hybridized carbons (Fsp3) is 0.409. The van der Waals surface area contributed by atoms with Crippen LogP contribution >= 0.6 is 11.6 Å². The monoisotopic (exact) mass is 413 g/mol. The van der Waals surface area contributed by atoms with Gasteiger partial charge in [0.25, 0.3) is 5.91 Å². The minimum atomic E-state index is -0.594. The number of aromatic nitrogens is 1. The van der Waals surface area contributed by atoms with Crippen LogP contribution in [0.15, 0.2) is 53.8 Å². The van der Waals surface area contributed by atoms with Crippen molar-refractivity contribution >= 4 is 23.2 Å². The Bertz CT molecular complexity index is 882. The molecule has 1 N–H and O–H groups in total. The summed E-state index contributed by atoms with van der Waals surface area (Å²) in [6.07, 6.45) is 3.16. The predicted molar refractivity (Wildman–Crippen MR) is 111 cm³/mol. The summed E-state index contributed by atoms with van der Waals surface area (Å²) in [5.41, 5.74) is 2.60. The minimum Gasteiger partial charge on any atom is -0.387 e. The molecule has 2 aliphatic rings. The smallest absolute Gasteiger partial charge is 0.266 e. The maximum atomic E-state index is 12.8. The van der Waals surface area contributed by atoms with Gasteiger partial charge in [0, 0.05) is 37.2 Å². The van der Waals surface area contributed by atoms with Crippen LogP contribution in [0.25, 0.3) is 0 Å². The van der Waals surface area contributed by atoms with Gasteiger partial charge in [-0.25, -0.2) is 0 Å². The Balaban J connectivity index is 1.27. The number of likely N-dealkylation sites (tertiary alicyclic amines) is 1. The van der Waals surface area contributed by atoms with Crippen LogP contribution in [0.5, 0.6) is 0 Å². The highest BCUT2D eigenvalue weighted by Crippen LogP contribution is 2.30. The van der Waals surface area contributed by atoms with Crippen molar-refractivity contribution in [2.75, 3.05) is 13.1 Å². The molecular weight excluding hydrogens is 390 g/mol. The van der Waals surface area contributed by atoms with Crippen molar-refractivity contribution in [3.05, 3.63) is 64.9 Å². The number of halogens is 1. The van der Waals surface area contributed by atoms with E-state index in [2.05, 4.69) is 10.1 Å². The number of hydrogen-bond acceptors (Lipinski definition) is 5. The second-order valence-electron chi connectivity index (χ2n) is 7.62. The summed E-state index contributed by atoms with van der Waals surface area (Å²) in [5.74, 6) is 0.0775. The summed E-state index contributed by atoms with van der Waals surface area (Å²) in [6.45, 7) is 1.22. The van der Waals surface area contributed by atoms with Gasteiger partial charge >= 0.3 is 0 Å². The Labute approximate surface area is 175 Å². The van der Waals surface area contributed by atoms with Crippen LogP contribution in [0.1, 0.15) is 36.6 Å². The standard InChI is InChI=1S/C22H24ClN3O3/c23-17-5-3-4-15(12-17)13-18-14-20(29-25-18)22(28)26-10-7-16(8-11-26)21(27)19-6-1-2-9-24-19/h1-6,9,12,16,20-21,27H,7-8,10-11,13-14H2.